The van der Waals surface area contributed by atoms with Crippen molar-refractivity contribution in [2.24, 2.45) is 5.92 Å². The molecule has 1 N–H and O–H groups in total. The Kier molecular flexibility index (Phi) is 3.94. The van der Waals surface area contributed by atoms with E-state index < -0.39 is 5.97 Å². The Morgan fingerprint density at radius 1 is 1.38 bits per heavy atom. The number of aromatic nitrogens is 2. The van der Waals surface area contributed by atoms with Crippen LogP contribution in [-0.2, 0) is 4.79 Å². The van der Waals surface area contributed by atoms with Gasteiger partial charge in [0, 0.05) is 24.6 Å². The summed E-state index contributed by atoms with van der Waals surface area (Å²) in [5.74, 6) is 1.13. The number of hydrogen-bond donors (Lipinski definition) is 1. The van der Waals surface area contributed by atoms with Crippen molar-refractivity contribution in [3.05, 3.63) is 12.4 Å². The summed E-state index contributed by atoms with van der Waals surface area (Å²) in [5.41, 5.74) is 0. The molecular formula is C15H21N3O3. The number of piperidine rings is 1. The van der Waals surface area contributed by atoms with Gasteiger partial charge in [-0.05, 0) is 38.5 Å². The molecule has 2 aliphatic heterocycles. The molecular weight excluding hydrogens is 270 g/mol. The van der Waals surface area contributed by atoms with Crippen molar-refractivity contribution in [3.8, 4) is 5.88 Å². The molecule has 2 aliphatic rings. The average molecular weight is 291 g/mol. The van der Waals surface area contributed by atoms with Gasteiger partial charge in [0.1, 0.15) is 12.1 Å². The first-order valence-electron chi connectivity index (χ1n) is 7.62. The minimum atomic E-state index is -0.687. The van der Waals surface area contributed by atoms with Crippen molar-refractivity contribution in [1.29, 1.82) is 0 Å². The smallest absolute Gasteiger partial charge is 0.303 e. The van der Waals surface area contributed by atoms with E-state index in [1.165, 1.54) is 0 Å². The Labute approximate surface area is 124 Å². The first-order valence-corrected chi connectivity index (χ1v) is 7.62. The van der Waals surface area contributed by atoms with Crippen LogP contribution in [0.5, 0.6) is 5.88 Å². The first kappa shape index (κ1) is 14.1. The highest BCUT2D eigenvalue weighted by Crippen LogP contribution is 2.42. The summed E-state index contributed by atoms with van der Waals surface area (Å²) in [6, 6.07) is 2.70. The van der Waals surface area contributed by atoms with Gasteiger partial charge in [0.15, 0.2) is 0 Å². The number of carbonyl (C=O) groups is 1. The molecule has 21 heavy (non-hydrogen) atoms. The van der Waals surface area contributed by atoms with Gasteiger partial charge in [0.2, 0.25) is 5.88 Å². The molecule has 3 rings (SSSR count). The summed E-state index contributed by atoms with van der Waals surface area (Å²) in [5, 5.41) is 8.99. The highest BCUT2D eigenvalue weighted by molar-refractivity contribution is 5.67. The second-order valence-corrected chi connectivity index (χ2v) is 5.88. The molecule has 2 unspecified atom stereocenters. The summed E-state index contributed by atoms with van der Waals surface area (Å²) in [7, 11) is 0. The molecule has 2 bridgehead atoms. The second-order valence-electron chi connectivity index (χ2n) is 5.88. The van der Waals surface area contributed by atoms with Gasteiger partial charge in [-0.25, -0.2) is 9.97 Å². The highest BCUT2D eigenvalue weighted by Gasteiger charge is 2.41. The van der Waals surface area contributed by atoms with Crippen LogP contribution in [0.15, 0.2) is 12.4 Å². The van der Waals surface area contributed by atoms with E-state index in [-0.39, 0.29) is 6.42 Å². The van der Waals surface area contributed by atoms with Crippen LogP contribution in [0.2, 0.25) is 0 Å². The number of carboxylic acids is 1. The summed E-state index contributed by atoms with van der Waals surface area (Å²) in [6.07, 6.45) is 5.95. The molecule has 2 atom stereocenters. The summed E-state index contributed by atoms with van der Waals surface area (Å²) in [6.45, 7) is 2.52. The molecule has 3 heterocycles. The lowest BCUT2D eigenvalue weighted by Crippen LogP contribution is -2.43. The number of hydrogen-bond acceptors (Lipinski definition) is 5. The minimum absolute atomic E-state index is 0.287. The molecule has 0 aromatic carbocycles. The Balaban J connectivity index is 1.75. The van der Waals surface area contributed by atoms with E-state index in [4.69, 9.17) is 9.84 Å². The van der Waals surface area contributed by atoms with Crippen molar-refractivity contribution < 1.29 is 14.6 Å². The molecule has 0 aliphatic carbocycles. The van der Waals surface area contributed by atoms with Crippen LogP contribution in [-0.4, -0.2) is 39.7 Å². The third kappa shape index (κ3) is 2.94. The van der Waals surface area contributed by atoms with Gasteiger partial charge < -0.3 is 14.7 Å². The van der Waals surface area contributed by atoms with Crippen molar-refractivity contribution in [1.82, 2.24) is 9.97 Å². The zero-order valence-corrected chi connectivity index (χ0v) is 12.2. The van der Waals surface area contributed by atoms with Crippen LogP contribution >= 0.6 is 0 Å². The number of anilines is 1. The zero-order valence-electron chi connectivity index (χ0n) is 12.2. The van der Waals surface area contributed by atoms with Gasteiger partial charge in [-0.2, -0.15) is 0 Å². The van der Waals surface area contributed by atoms with E-state index >= 15 is 0 Å². The van der Waals surface area contributed by atoms with Crippen molar-refractivity contribution >= 4 is 11.8 Å². The molecule has 0 amide bonds. The van der Waals surface area contributed by atoms with E-state index in [1.807, 2.05) is 13.0 Å². The standard InChI is InChI=1S/C15H21N3O3/c1-2-21-14-8-13(16-9-17-14)18-11-3-4-12(18)6-10(5-11)7-15(19)20/h8-12H,2-7H2,1H3,(H,19,20). The summed E-state index contributed by atoms with van der Waals surface area (Å²) >= 11 is 0. The molecule has 6 nitrogen and oxygen atoms in total. The number of rotatable bonds is 5. The number of fused-ring (bicyclic) bond motifs is 2. The maximum Gasteiger partial charge on any atom is 0.303 e. The molecule has 2 saturated heterocycles. The van der Waals surface area contributed by atoms with E-state index in [0.29, 0.717) is 30.5 Å². The van der Waals surface area contributed by atoms with E-state index in [2.05, 4.69) is 14.9 Å². The van der Waals surface area contributed by atoms with Crippen LogP contribution in [0.3, 0.4) is 0 Å². The fraction of sp³-hybridized carbons (Fsp3) is 0.667. The maximum absolute atomic E-state index is 10.9. The lowest BCUT2D eigenvalue weighted by molar-refractivity contribution is -0.138. The average Bonchev–Trinajstić information content (AvgIpc) is 2.71. The van der Waals surface area contributed by atoms with Crippen LogP contribution < -0.4 is 9.64 Å². The summed E-state index contributed by atoms with van der Waals surface area (Å²) < 4.78 is 5.45. The maximum atomic E-state index is 10.9. The Hall–Kier alpha value is -1.85. The molecule has 0 saturated carbocycles. The molecule has 0 spiro atoms. The third-order valence-electron chi connectivity index (χ3n) is 4.48. The first-order chi connectivity index (χ1) is 10.2. The zero-order chi connectivity index (χ0) is 14.8. The number of aliphatic carboxylic acids is 1. The van der Waals surface area contributed by atoms with Gasteiger partial charge in [0.25, 0.3) is 0 Å². The van der Waals surface area contributed by atoms with Crippen LogP contribution in [0.25, 0.3) is 0 Å². The van der Waals surface area contributed by atoms with Crippen molar-refractivity contribution in [2.45, 2.75) is 51.1 Å². The quantitative estimate of drug-likeness (QED) is 0.895. The van der Waals surface area contributed by atoms with E-state index in [1.54, 1.807) is 6.33 Å². The van der Waals surface area contributed by atoms with Gasteiger partial charge in [-0.1, -0.05) is 0 Å². The second kappa shape index (κ2) is 5.87. The Morgan fingerprint density at radius 3 is 2.71 bits per heavy atom. The summed E-state index contributed by atoms with van der Waals surface area (Å²) in [4.78, 5) is 21.8. The lowest BCUT2D eigenvalue weighted by atomic mass is 9.88. The topological polar surface area (TPSA) is 75.5 Å². The number of ether oxygens (including phenoxy) is 1. The molecule has 0 radical (unpaired) electrons. The Bertz CT molecular complexity index is 509. The fourth-order valence-electron chi connectivity index (χ4n) is 3.78. The molecule has 1 aromatic rings. The number of nitrogens with zero attached hydrogens (tertiary/aromatic N) is 3. The van der Waals surface area contributed by atoms with Crippen LogP contribution in [0.1, 0.15) is 39.0 Å². The minimum Gasteiger partial charge on any atom is -0.481 e. The van der Waals surface area contributed by atoms with Crippen LogP contribution in [0, 0.1) is 5.92 Å². The lowest BCUT2D eigenvalue weighted by Gasteiger charge is -2.39. The predicted octanol–water partition coefficient (Wildman–Crippen LogP) is 2.10. The molecule has 1 aromatic heterocycles. The fourth-order valence-corrected chi connectivity index (χ4v) is 3.78. The van der Waals surface area contributed by atoms with Gasteiger partial charge in [0.05, 0.1) is 6.61 Å². The Morgan fingerprint density at radius 2 is 2.10 bits per heavy atom. The molecule has 114 valence electrons. The van der Waals surface area contributed by atoms with Crippen molar-refractivity contribution in [2.75, 3.05) is 11.5 Å². The normalized spacial score (nSPS) is 27.7. The van der Waals surface area contributed by atoms with E-state index in [9.17, 15) is 4.79 Å². The van der Waals surface area contributed by atoms with Gasteiger partial charge in [-0.15, -0.1) is 0 Å². The largest absolute Gasteiger partial charge is 0.481 e. The van der Waals surface area contributed by atoms with Gasteiger partial charge in [-0.3, -0.25) is 4.79 Å². The van der Waals surface area contributed by atoms with E-state index in [0.717, 1.165) is 31.5 Å². The highest BCUT2D eigenvalue weighted by atomic mass is 16.5. The SMILES string of the molecule is CCOc1cc(N2C3CCC2CC(CC(=O)O)C3)ncn1. The number of carboxylic acid groups (broad SMARTS) is 1. The molecule has 6 heteroatoms. The monoisotopic (exact) mass is 291 g/mol. The van der Waals surface area contributed by atoms with Gasteiger partial charge >= 0.3 is 5.97 Å². The van der Waals surface area contributed by atoms with Crippen LogP contribution in [0.4, 0.5) is 5.82 Å². The predicted molar refractivity (Wildman–Crippen MR) is 77.5 cm³/mol. The third-order valence-corrected chi connectivity index (χ3v) is 4.48. The van der Waals surface area contributed by atoms with Crippen molar-refractivity contribution in [3.63, 3.8) is 0 Å². The molecule has 2 fully saturated rings.